The molecule has 1 rings (SSSR count). The van der Waals surface area contributed by atoms with Gasteiger partial charge in [-0.1, -0.05) is 219 Å². The van der Waals surface area contributed by atoms with Crippen LogP contribution in [0.4, 0.5) is 0 Å². The van der Waals surface area contributed by atoms with Crippen molar-refractivity contribution in [3.8, 4) is 0 Å². The molecule has 0 bridgehead atoms. The van der Waals surface area contributed by atoms with Crippen LogP contribution in [-0.2, 0) is 23.8 Å². The lowest BCUT2D eigenvalue weighted by atomic mass is 10.0. The predicted molar refractivity (Wildman–Crippen MR) is 220 cm³/mol. The van der Waals surface area contributed by atoms with Crippen molar-refractivity contribution in [1.82, 2.24) is 0 Å². The maximum atomic E-state index is 12.6. The molecule has 0 radical (unpaired) electrons. The van der Waals surface area contributed by atoms with Crippen LogP contribution in [0.5, 0.6) is 0 Å². The van der Waals surface area contributed by atoms with Crippen molar-refractivity contribution in [1.29, 1.82) is 0 Å². The topological polar surface area (TPSA) is 102 Å². The van der Waals surface area contributed by atoms with E-state index >= 15 is 0 Å². The summed E-state index contributed by atoms with van der Waals surface area (Å²) in [4.78, 5) is 25.2. The first-order valence-electron chi connectivity index (χ1n) is 23.3. The predicted octanol–water partition coefficient (Wildman–Crippen LogP) is 12.6. The van der Waals surface area contributed by atoms with Crippen molar-refractivity contribution in [2.45, 2.75) is 269 Å². The van der Waals surface area contributed by atoms with Crippen molar-refractivity contribution >= 4 is 11.9 Å². The Hall–Kier alpha value is -1.18. The zero-order valence-electron chi connectivity index (χ0n) is 35.1. The van der Waals surface area contributed by atoms with E-state index < -0.39 is 31.0 Å². The highest BCUT2D eigenvalue weighted by Crippen LogP contribution is 2.24. The van der Waals surface area contributed by atoms with Crippen LogP contribution in [0.25, 0.3) is 0 Å². The molecule has 0 saturated carbocycles. The Morgan fingerprint density at radius 1 is 0.509 bits per heavy atom. The zero-order chi connectivity index (χ0) is 38.5. The van der Waals surface area contributed by atoms with Crippen LogP contribution in [0.3, 0.4) is 0 Å². The Kier molecular flexibility index (Phi) is 35.5. The molecule has 53 heavy (non-hydrogen) atoms. The second-order valence-corrected chi connectivity index (χ2v) is 16.3. The van der Waals surface area contributed by atoms with E-state index in [1.165, 1.54) is 180 Å². The number of rotatable bonds is 40. The quantitative estimate of drug-likeness (QED) is 0.0474. The molecule has 0 aromatic carbocycles. The second kappa shape index (κ2) is 37.7. The highest BCUT2D eigenvalue weighted by atomic mass is 16.6. The minimum absolute atomic E-state index is 0.0189. The molecule has 0 aromatic rings. The van der Waals surface area contributed by atoms with E-state index in [1.807, 2.05) is 0 Å². The zero-order valence-corrected chi connectivity index (χ0v) is 35.1. The fourth-order valence-electron chi connectivity index (χ4n) is 7.72. The van der Waals surface area contributed by atoms with E-state index in [0.717, 1.165) is 38.5 Å². The van der Waals surface area contributed by atoms with Gasteiger partial charge in [-0.25, -0.2) is 0 Å². The fourth-order valence-corrected chi connectivity index (χ4v) is 7.72. The molecule has 1 saturated heterocycles. The summed E-state index contributed by atoms with van der Waals surface area (Å²) in [6, 6.07) is 0. The highest BCUT2D eigenvalue weighted by Gasteiger charge is 2.45. The number of carbonyl (C=O) groups is 2. The molecule has 2 N–H and O–H groups in total. The molecular formula is C46H88O7. The largest absolute Gasteiger partial charge is 0.457 e. The lowest BCUT2D eigenvalue weighted by Gasteiger charge is -2.27. The van der Waals surface area contributed by atoms with Gasteiger partial charge in [0.15, 0.2) is 12.2 Å². The van der Waals surface area contributed by atoms with Gasteiger partial charge < -0.3 is 24.4 Å². The molecule has 1 aliphatic heterocycles. The van der Waals surface area contributed by atoms with Gasteiger partial charge in [0, 0.05) is 12.8 Å². The van der Waals surface area contributed by atoms with Crippen LogP contribution >= 0.6 is 0 Å². The van der Waals surface area contributed by atoms with Crippen molar-refractivity contribution in [3.63, 3.8) is 0 Å². The monoisotopic (exact) mass is 753 g/mol. The van der Waals surface area contributed by atoms with Gasteiger partial charge in [-0.2, -0.15) is 0 Å². The summed E-state index contributed by atoms with van der Waals surface area (Å²) in [5.41, 5.74) is 0. The van der Waals surface area contributed by atoms with Gasteiger partial charge in [-0.15, -0.1) is 0 Å². The third kappa shape index (κ3) is 29.7. The number of aliphatic hydroxyl groups excluding tert-OH is 2. The van der Waals surface area contributed by atoms with Crippen molar-refractivity contribution in [2.75, 3.05) is 13.2 Å². The summed E-state index contributed by atoms with van der Waals surface area (Å²) in [6.45, 7) is 4.08. The molecule has 0 aromatic heterocycles. The van der Waals surface area contributed by atoms with Crippen LogP contribution in [-0.4, -0.2) is 59.8 Å². The average Bonchev–Trinajstić information content (AvgIpc) is 3.51. The summed E-state index contributed by atoms with van der Waals surface area (Å²) in [7, 11) is 0. The number of hydrogen-bond donors (Lipinski definition) is 2. The van der Waals surface area contributed by atoms with Gasteiger partial charge in [0.05, 0.1) is 13.2 Å². The van der Waals surface area contributed by atoms with Gasteiger partial charge in [-0.3, -0.25) is 9.59 Å². The summed E-state index contributed by atoms with van der Waals surface area (Å²) in [5, 5.41) is 20.4. The molecule has 0 aliphatic carbocycles. The van der Waals surface area contributed by atoms with E-state index in [2.05, 4.69) is 13.8 Å². The van der Waals surface area contributed by atoms with Crippen LogP contribution < -0.4 is 0 Å². The number of unbranched alkanes of at least 4 members (excludes halogenated alkanes) is 32. The van der Waals surface area contributed by atoms with Crippen LogP contribution in [0.15, 0.2) is 0 Å². The molecule has 314 valence electrons. The standard InChI is InChI=1S/C46H88O7/c1-3-5-7-9-11-13-15-17-19-20-21-22-24-26-28-30-32-34-36-38-44(50)53-45-41(48)40-51-46(45)42(39-47)52-43(49)37-35-33-31-29-27-25-23-18-16-14-12-10-8-6-4-2/h41-42,45-48H,3-40H2,1-2H3/t41-,42+,45+,46+/m0/s1. The Bertz CT molecular complexity index is 805. The first kappa shape index (κ1) is 49.8. The van der Waals surface area contributed by atoms with Gasteiger partial charge in [0.1, 0.15) is 12.2 Å². The van der Waals surface area contributed by atoms with E-state index in [-0.39, 0.29) is 31.4 Å². The summed E-state index contributed by atoms with van der Waals surface area (Å²) < 4.78 is 16.8. The number of aliphatic hydroxyl groups is 2. The van der Waals surface area contributed by atoms with E-state index in [9.17, 15) is 19.8 Å². The average molecular weight is 753 g/mol. The van der Waals surface area contributed by atoms with Gasteiger partial charge >= 0.3 is 11.9 Å². The van der Waals surface area contributed by atoms with Crippen LogP contribution in [0.2, 0.25) is 0 Å². The summed E-state index contributed by atoms with van der Waals surface area (Å²) in [6.07, 6.45) is 40.5. The van der Waals surface area contributed by atoms with Crippen LogP contribution in [0.1, 0.15) is 245 Å². The van der Waals surface area contributed by atoms with Crippen molar-refractivity contribution < 1.29 is 34.0 Å². The molecule has 0 amide bonds. The molecule has 0 spiro atoms. The van der Waals surface area contributed by atoms with E-state index in [1.54, 1.807) is 0 Å². The minimum atomic E-state index is -1.00. The summed E-state index contributed by atoms with van der Waals surface area (Å²) >= 11 is 0. The Morgan fingerprint density at radius 2 is 0.811 bits per heavy atom. The summed E-state index contributed by atoms with van der Waals surface area (Å²) in [5.74, 6) is -0.764. The molecule has 1 heterocycles. The van der Waals surface area contributed by atoms with Crippen molar-refractivity contribution in [3.05, 3.63) is 0 Å². The second-order valence-electron chi connectivity index (χ2n) is 16.3. The molecular weight excluding hydrogens is 664 g/mol. The normalized spacial score (nSPS) is 17.7. The molecule has 7 nitrogen and oxygen atoms in total. The first-order valence-corrected chi connectivity index (χ1v) is 23.3. The van der Waals surface area contributed by atoms with E-state index in [0.29, 0.717) is 0 Å². The number of carbonyl (C=O) groups excluding carboxylic acids is 2. The molecule has 1 aliphatic rings. The number of hydrogen-bond acceptors (Lipinski definition) is 7. The minimum Gasteiger partial charge on any atom is -0.457 e. The lowest BCUT2D eigenvalue weighted by Crippen LogP contribution is -2.45. The third-order valence-corrected chi connectivity index (χ3v) is 11.2. The van der Waals surface area contributed by atoms with Gasteiger partial charge in [0.2, 0.25) is 0 Å². The highest BCUT2D eigenvalue weighted by molar-refractivity contribution is 5.70. The molecule has 7 heteroatoms. The van der Waals surface area contributed by atoms with E-state index in [4.69, 9.17) is 14.2 Å². The Morgan fingerprint density at radius 3 is 1.13 bits per heavy atom. The SMILES string of the molecule is CCCCCCCCCCCCCCCCCCCCCC(=O)O[C@H]1[C@@H]([C@@H](CO)OC(=O)CCCCCCCCCCCCCCCCC)OC[C@@H]1O. The Balaban J connectivity index is 2.03. The smallest absolute Gasteiger partial charge is 0.306 e. The number of esters is 2. The molecule has 1 fully saturated rings. The molecule has 0 unspecified atom stereocenters. The maximum absolute atomic E-state index is 12.6. The Labute approximate surface area is 327 Å². The lowest BCUT2D eigenvalue weighted by molar-refractivity contribution is -0.171. The first-order chi connectivity index (χ1) is 26.0. The fraction of sp³-hybridized carbons (Fsp3) is 0.957. The van der Waals surface area contributed by atoms with Crippen molar-refractivity contribution in [2.24, 2.45) is 0 Å². The molecule has 4 atom stereocenters. The van der Waals surface area contributed by atoms with Gasteiger partial charge in [0.25, 0.3) is 0 Å². The third-order valence-electron chi connectivity index (χ3n) is 11.2. The van der Waals surface area contributed by atoms with Gasteiger partial charge in [-0.05, 0) is 12.8 Å². The van der Waals surface area contributed by atoms with Crippen LogP contribution in [0, 0.1) is 0 Å². The number of ether oxygens (including phenoxy) is 3. The maximum Gasteiger partial charge on any atom is 0.306 e.